The van der Waals surface area contributed by atoms with Gasteiger partial charge in [0.25, 0.3) is 0 Å². The van der Waals surface area contributed by atoms with Crippen LogP contribution in [0.5, 0.6) is 5.75 Å². The number of nitrogens with one attached hydrogen (secondary N) is 1. The van der Waals surface area contributed by atoms with Crippen molar-refractivity contribution < 1.29 is 13.9 Å². The molecule has 1 amide bonds. The van der Waals surface area contributed by atoms with E-state index in [9.17, 15) is 14.0 Å². The summed E-state index contributed by atoms with van der Waals surface area (Å²) in [5.41, 5.74) is 1.52. The summed E-state index contributed by atoms with van der Waals surface area (Å²) in [7, 11) is 1.56. The van der Waals surface area contributed by atoms with E-state index in [1.54, 1.807) is 49.7 Å². The lowest BCUT2D eigenvalue weighted by molar-refractivity contribution is -0.116. The molecule has 7 nitrogen and oxygen atoms in total. The maximum atomic E-state index is 13.3. The first kappa shape index (κ1) is 18.4. The molecule has 4 rings (SSSR count). The molecule has 0 spiro atoms. The normalized spacial score (nSPS) is 10.8. The van der Waals surface area contributed by atoms with Gasteiger partial charge in [0.2, 0.25) is 5.91 Å². The second-order valence-corrected chi connectivity index (χ2v) is 6.30. The van der Waals surface area contributed by atoms with E-state index in [-0.39, 0.29) is 12.5 Å². The van der Waals surface area contributed by atoms with Gasteiger partial charge in [-0.05, 0) is 60.7 Å². The van der Waals surface area contributed by atoms with Gasteiger partial charge < -0.3 is 10.1 Å². The molecule has 0 unspecified atom stereocenters. The van der Waals surface area contributed by atoms with Gasteiger partial charge in [-0.3, -0.25) is 9.36 Å². The topological polar surface area (TPSA) is 78.1 Å². The number of ether oxygens (including phenoxy) is 1. The van der Waals surface area contributed by atoms with Gasteiger partial charge >= 0.3 is 5.69 Å². The first-order chi connectivity index (χ1) is 14.1. The highest BCUT2D eigenvalue weighted by Crippen LogP contribution is 2.17. The molecule has 2 aromatic heterocycles. The number of nitrogens with zero attached hydrogens (tertiary/aromatic N) is 3. The van der Waals surface area contributed by atoms with Crippen LogP contribution in [-0.2, 0) is 11.3 Å². The van der Waals surface area contributed by atoms with Crippen LogP contribution in [0.15, 0.2) is 71.7 Å². The van der Waals surface area contributed by atoms with Crippen molar-refractivity contribution in [3.8, 4) is 11.4 Å². The van der Waals surface area contributed by atoms with E-state index in [1.807, 2.05) is 0 Å². The van der Waals surface area contributed by atoms with E-state index < -0.39 is 11.5 Å². The minimum absolute atomic E-state index is 0.193. The molecule has 0 saturated heterocycles. The van der Waals surface area contributed by atoms with Crippen molar-refractivity contribution >= 4 is 22.8 Å². The van der Waals surface area contributed by atoms with Crippen molar-refractivity contribution in [2.75, 3.05) is 12.4 Å². The monoisotopic (exact) mass is 392 g/mol. The number of hydrogen-bond acceptors (Lipinski definition) is 4. The van der Waals surface area contributed by atoms with Crippen LogP contribution in [0, 0.1) is 5.82 Å². The number of methoxy groups -OCH3 is 1. The molecule has 29 heavy (non-hydrogen) atoms. The first-order valence-corrected chi connectivity index (χ1v) is 8.83. The molecule has 2 aromatic carbocycles. The molecule has 8 heteroatoms. The van der Waals surface area contributed by atoms with Gasteiger partial charge in [-0.25, -0.2) is 18.7 Å². The Balaban J connectivity index is 1.68. The van der Waals surface area contributed by atoms with Crippen LogP contribution in [0.4, 0.5) is 10.1 Å². The van der Waals surface area contributed by atoms with E-state index in [1.165, 1.54) is 33.4 Å². The van der Waals surface area contributed by atoms with Crippen LogP contribution in [-0.4, -0.2) is 27.1 Å². The third-order valence-corrected chi connectivity index (χ3v) is 4.45. The Kier molecular flexibility index (Phi) is 4.82. The molecule has 0 atom stereocenters. The largest absolute Gasteiger partial charge is 0.497 e. The Hall–Kier alpha value is -3.94. The fourth-order valence-electron chi connectivity index (χ4n) is 3.08. The molecule has 0 aliphatic carbocycles. The van der Waals surface area contributed by atoms with E-state index in [0.717, 1.165) is 0 Å². The van der Waals surface area contributed by atoms with Crippen molar-refractivity contribution in [2.24, 2.45) is 0 Å². The maximum absolute atomic E-state index is 13.3. The summed E-state index contributed by atoms with van der Waals surface area (Å²) in [5, 5.41) is 2.76. The highest BCUT2D eigenvalue weighted by atomic mass is 19.1. The average Bonchev–Trinajstić information content (AvgIpc) is 3.01. The third-order valence-electron chi connectivity index (χ3n) is 4.45. The molecule has 0 aliphatic heterocycles. The van der Waals surface area contributed by atoms with Gasteiger partial charge in [-0.1, -0.05) is 0 Å². The van der Waals surface area contributed by atoms with E-state index in [4.69, 9.17) is 4.74 Å². The maximum Gasteiger partial charge on any atom is 0.335 e. The highest BCUT2D eigenvalue weighted by molar-refractivity contribution is 5.91. The lowest BCUT2D eigenvalue weighted by atomic mass is 10.3. The second-order valence-electron chi connectivity index (χ2n) is 6.30. The summed E-state index contributed by atoms with van der Waals surface area (Å²) in [4.78, 5) is 29.9. The van der Waals surface area contributed by atoms with Gasteiger partial charge in [-0.15, -0.1) is 0 Å². The van der Waals surface area contributed by atoms with E-state index in [2.05, 4.69) is 10.3 Å². The molecule has 0 fully saturated rings. The number of hydrogen-bond donors (Lipinski definition) is 1. The van der Waals surface area contributed by atoms with Crippen LogP contribution < -0.4 is 15.7 Å². The number of anilines is 1. The number of halogens is 1. The summed E-state index contributed by atoms with van der Waals surface area (Å²) < 4.78 is 21.1. The Morgan fingerprint density at radius 2 is 1.83 bits per heavy atom. The average molecular weight is 392 g/mol. The van der Waals surface area contributed by atoms with E-state index in [0.29, 0.717) is 28.3 Å². The van der Waals surface area contributed by atoms with Crippen LogP contribution in [0.1, 0.15) is 0 Å². The summed E-state index contributed by atoms with van der Waals surface area (Å²) in [6.07, 6.45) is 1.56. The van der Waals surface area contributed by atoms with Gasteiger partial charge in [0.05, 0.1) is 18.3 Å². The summed E-state index contributed by atoms with van der Waals surface area (Å²) in [6, 6.07) is 15.8. The predicted octanol–water partition coefficient (Wildman–Crippen LogP) is 2.97. The zero-order valence-electron chi connectivity index (χ0n) is 15.5. The van der Waals surface area contributed by atoms with Gasteiger partial charge in [0, 0.05) is 11.9 Å². The molecule has 1 N–H and O–H groups in total. The lowest BCUT2D eigenvalue weighted by Gasteiger charge is -2.07. The molecule has 0 saturated carbocycles. The van der Waals surface area contributed by atoms with Crippen molar-refractivity contribution in [3.63, 3.8) is 0 Å². The predicted molar refractivity (Wildman–Crippen MR) is 107 cm³/mol. The molecule has 0 bridgehead atoms. The lowest BCUT2D eigenvalue weighted by Crippen LogP contribution is -2.28. The van der Waals surface area contributed by atoms with Gasteiger partial charge in [-0.2, -0.15) is 0 Å². The smallest absolute Gasteiger partial charge is 0.335 e. The number of benzene rings is 2. The second kappa shape index (κ2) is 7.59. The summed E-state index contributed by atoms with van der Waals surface area (Å²) >= 11 is 0. The number of aromatic nitrogens is 3. The zero-order chi connectivity index (χ0) is 20.4. The van der Waals surface area contributed by atoms with Crippen molar-refractivity contribution in [1.82, 2.24) is 14.1 Å². The molecule has 0 radical (unpaired) electrons. The summed E-state index contributed by atoms with van der Waals surface area (Å²) in [6.45, 7) is -0.193. The zero-order valence-corrected chi connectivity index (χ0v) is 15.5. The van der Waals surface area contributed by atoms with Crippen LogP contribution in [0.25, 0.3) is 16.9 Å². The SMILES string of the molecule is COc1ccc(NC(=O)Cn2c(=O)n(-c3ccc(F)cc3)c3ncccc32)cc1. The van der Waals surface area contributed by atoms with Crippen molar-refractivity contribution in [1.29, 1.82) is 0 Å². The standard InChI is InChI=1S/C21H17FN4O3/c1-29-17-10-6-15(7-11-17)24-19(27)13-25-18-3-2-12-23-20(18)26(21(25)28)16-8-4-14(22)5-9-16/h2-12H,13H2,1H3,(H,24,27). The Morgan fingerprint density at radius 1 is 1.10 bits per heavy atom. The van der Waals surface area contributed by atoms with Gasteiger partial charge in [0.1, 0.15) is 18.1 Å². The number of carbonyl (C=O) groups is 1. The molecule has 2 heterocycles. The Morgan fingerprint density at radius 3 is 2.52 bits per heavy atom. The minimum Gasteiger partial charge on any atom is -0.497 e. The first-order valence-electron chi connectivity index (χ1n) is 8.83. The van der Waals surface area contributed by atoms with Crippen LogP contribution >= 0.6 is 0 Å². The highest BCUT2D eigenvalue weighted by Gasteiger charge is 2.17. The number of pyridine rings is 1. The molecule has 146 valence electrons. The molecule has 0 aliphatic rings. The van der Waals surface area contributed by atoms with Crippen LogP contribution in [0.2, 0.25) is 0 Å². The number of imidazole rings is 1. The fourth-order valence-corrected chi connectivity index (χ4v) is 3.08. The molecular weight excluding hydrogens is 375 g/mol. The fraction of sp³-hybridized carbons (Fsp3) is 0.0952. The Bertz CT molecular complexity index is 1230. The number of carbonyl (C=O) groups excluding carboxylic acids is 1. The summed E-state index contributed by atoms with van der Waals surface area (Å²) in [5.74, 6) is -0.0932. The quantitative estimate of drug-likeness (QED) is 0.566. The minimum atomic E-state index is -0.435. The number of rotatable bonds is 5. The molecular formula is C21H17FN4O3. The van der Waals surface area contributed by atoms with Crippen molar-refractivity contribution in [3.05, 3.63) is 83.2 Å². The van der Waals surface area contributed by atoms with E-state index >= 15 is 0 Å². The number of fused-ring (bicyclic) bond motifs is 1. The third kappa shape index (κ3) is 3.60. The molecule has 4 aromatic rings. The Labute approximate surface area is 165 Å². The van der Waals surface area contributed by atoms with Gasteiger partial charge in [0.15, 0.2) is 5.65 Å². The van der Waals surface area contributed by atoms with Crippen molar-refractivity contribution in [2.45, 2.75) is 6.54 Å². The number of amides is 1. The van der Waals surface area contributed by atoms with Crippen LogP contribution in [0.3, 0.4) is 0 Å².